The fourth-order valence-electron chi connectivity index (χ4n) is 4.35. The highest BCUT2D eigenvalue weighted by Crippen LogP contribution is 2.29. The SMILES string of the molecule is Cc1nn(C)c(C(=O)NC2CCC([C@H](N)C(=O)N3CCCC3)CC2)c1[N+](=O)[O-]. The van der Waals surface area contributed by atoms with Crippen molar-refractivity contribution in [1.82, 2.24) is 20.0 Å². The maximum absolute atomic E-state index is 12.6. The second kappa shape index (κ2) is 8.26. The molecular weight excluding hydrogens is 364 g/mol. The number of amides is 2. The minimum absolute atomic E-state index is 0.0333. The molecule has 0 radical (unpaired) electrons. The zero-order chi connectivity index (χ0) is 20.4. The topological polar surface area (TPSA) is 136 Å². The Morgan fingerprint density at radius 3 is 2.43 bits per heavy atom. The first kappa shape index (κ1) is 20.2. The van der Waals surface area contributed by atoms with E-state index in [0.717, 1.165) is 38.8 Å². The van der Waals surface area contributed by atoms with E-state index < -0.39 is 16.9 Å². The van der Waals surface area contributed by atoms with Crippen LogP contribution in [-0.4, -0.2) is 56.6 Å². The molecule has 1 aromatic rings. The summed E-state index contributed by atoms with van der Waals surface area (Å²) in [7, 11) is 1.52. The van der Waals surface area contributed by atoms with Crippen LogP contribution < -0.4 is 11.1 Å². The van der Waals surface area contributed by atoms with Crippen molar-refractivity contribution >= 4 is 17.5 Å². The van der Waals surface area contributed by atoms with E-state index in [1.165, 1.54) is 18.7 Å². The van der Waals surface area contributed by atoms with Crippen molar-refractivity contribution < 1.29 is 14.5 Å². The normalized spacial score (nSPS) is 23.5. The van der Waals surface area contributed by atoms with E-state index in [4.69, 9.17) is 5.73 Å². The molecule has 2 amide bonds. The number of nitro groups is 1. The van der Waals surface area contributed by atoms with Crippen LogP contribution in [0.5, 0.6) is 0 Å². The van der Waals surface area contributed by atoms with Crippen LogP contribution in [0.25, 0.3) is 0 Å². The number of aryl methyl sites for hydroxylation is 2. The second-order valence-corrected chi connectivity index (χ2v) is 7.81. The lowest BCUT2D eigenvalue weighted by atomic mass is 9.81. The first-order valence-corrected chi connectivity index (χ1v) is 9.82. The Bertz CT molecular complexity index is 762. The summed E-state index contributed by atoms with van der Waals surface area (Å²) in [5, 5.41) is 18.1. The van der Waals surface area contributed by atoms with Gasteiger partial charge in [-0.2, -0.15) is 5.10 Å². The molecule has 1 saturated carbocycles. The number of carbonyl (C=O) groups excluding carboxylic acids is 2. The van der Waals surface area contributed by atoms with Crippen LogP contribution in [0.15, 0.2) is 0 Å². The Morgan fingerprint density at radius 1 is 1.25 bits per heavy atom. The van der Waals surface area contributed by atoms with Gasteiger partial charge in [0.2, 0.25) is 11.6 Å². The van der Waals surface area contributed by atoms with Gasteiger partial charge >= 0.3 is 5.69 Å². The standard InChI is InChI=1S/C18H28N6O4/c1-11-15(24(27)28)16(22(2)21-11)17(25)20-13-7-5-12(6-8-13)14(19)18(26)23-9-3-4-10-23/h12-14H,3-10,19H2,1-2H3,(H,20,25)/t12?,13?,14-/m0/s1. The minimum Gasteiger partial charge on any atom is -0.348 e. The fourth-order valence-corrected chi connectivity index (χ4v) is 4.35. The van der Waals surface area contributed by atoms with Gasteiger partial charge in [0.25, 0.3) is 5.91 Å². The van der Waals surface area contributed by atoms with Crippen LogP contribution in [0.3, 0.4) is 0 Å². The number of carbonyl (C=O) groups is 2. The lowest BCUT2D eigenvalue weighted by molar-refractivity contribution is -0.385. The van der Waals surface area contributed by atoms with Gasteiger partial charge < -0.3 is 16.0 Å². The molecule has 3 N–H and O–H groups in total. The van der Waals surface area contributed by atoms with Crippen molar-refractivity contribution in [3.63, 3.8) is 0 Å². The van der Waals surface area contributed by atoms with Crippen molar-refractivity contribution in [2.45, 2.75) is 57.5 Å². The molecule has 2 fully saturated rings. The molecule has 1 aliphatic heterocycles. The number of aromatic nitrogens is 2. The number of nitrogens with one attached hydrogen (secondary N) is 1. The number of hydrogen-bond donors (Lipinski definition) is 2. The Balaban J connectivity index is 1.56. The minimum atomic E-state index is -0.572. The van der Waals surface area contributed by atoms with E-state index in [1.54, 1.807) is 0 Å². The van der Waals surface area contributed by atoms with Crippen LogP contribution in [-0.2, 0) is 11.8 Å². The molecule has 1 aromatic heterocycles. The maximum atomic E-state index is 12.6. The molecule has 1 atom stereocenters. The summed E-state index contributed by atoms with van der Waals surface area (Å²) in [4.78, 5) is 37.6. The van der Waals surface area contributed by atoms with E-state index >= 15 is 0 Å². The lowest BCUT2D eigenvalue weighted by Gasteiger charge is -2.33. The molecule has 0 bridgehead atoms. The van der Waals surface area contributed by atoms with Gasteiger partial charge in [0.05, 0.1) is 11.0 Å². The third kappa shape index (κ3) is 4.01. The molecule has 1 aliphatic carbocycles. The van der Waals surface area contributed by atoms with Crippen LogP contribution in [0.1, 0.15) is 54.7 Å². The summed E-state index contributed by atoms with van der Waals surface area (Å²) >= 11 is 0. The lowest BCUT2D eigenvalue weighted by Crippen LogP contribution is -2.49. The summed E-state index contributed by atoms with van der Waals surface area (Å²) in [6.45, 7) is 3.10. The van der Waals surface area contributed by atoms with Crippen LogP contribution in [0.4, 0.5) is 5.69 Å². The van der Waals surface area contributed by atoms with Gasteiger partial charge in [-0.15, -0.1) is 0 Å². The van der Waals surface area contributed by atoms with Crippen LogP contribution in [0, 0.1) is 23.0 Å². The summed E-state index contributed by atoms with van der Waals surface area (Å²) in [6.07, 6.45) is 4.97. The van der Waals surface area contributed by atoms with Crippen molar-refractivity contribution in [2.24, 2.45) is 18.7 Å². The molecule has 10 heteroatoms. The number of nitrogens with zero attached hydrogens (tertiary/aromatic N) is 4. The first-order valence-electron chi connectivity index (χ1n) is 9.82. The van der Waals surface area contributed by atoms with Crippen LogP contribution >= 0.6 is 0 Å². The Hall–Kier alpha value is -2.49. The Morgan fingerprint density at radius 2 is 1.86 bits per heavy atom. The Labute approximate surface area is 163 Å². The zero-order valence-corrected chi connectivity index (χ0v) is 16.4. The van der Waals surface area contributed by atoms with Gasteiger partial charge in [0, 0.05) is 26.2 Å². The van der Waals surface area contributed by atoms with E-state index in [-0.39, 0.29) is 34.9 Å². The van der Waals surface area contributed by atoms with Gasteiger partial charge in [-0.25, -0.2) is 0 Å². The highest BCUT2D eigenvalue weighted by Gasteiger charge is 2.35. The molecule has 10 nitrogen and oxygen atoms in total. The van der Waals surface area contributed by atoms with Crippen molar-refractivity contribution in [1.29, 1.82) is 0 Å². The van der Waals surface area contributed by atoms with E-state index in [0.29, 0.717) is 12.8 Å². The summed E-state index contributed by atoms with van der Waals surface area (Å²) in [5.74, 6) is -0.351. The van der Waals surface area contributed by atoms with Gasteiger partial charge in [0.1, 0.15) is 5.69 Å². The molecule has 3 rings (SSSR count). The third-order valence-electron chi connectivity index (χ3n) is 5.91. The second-order valence-electron chi connectivity index (χ2n) is 7.81. The highest BCUT2D eigenvalue weighted by molar-refractivity contribution is 5.97. The number of nitrogens with two attached hydrogens (primary N) is 1. The molecule has 28 heavy (non-hydrogen) atoms. The van der Waals surface area contributed by atoms with E-state index in [9.17, 15) is 19.7 Å². The molecule has 1 saturated heterocycles. The van der Waals surface area contributed by atoms with Crippen molar-refractivity contribution in [3.05, 3.63) is 21.5 Å². The molecule has 0 aromatic carbocycles. The zero-order valence-electron chi connectivity index (χ0n) is 16.4. The fraction of sp³-hybridized carbons (Fsp3) is 0.722. The first-order chi connectivity index (χ1) is 13.3. The Kier molecular flexibility index (Phi) is 5.97. The third-order valence-corrected chi connectivity index (χ3v) is 5.91. The predicted molar refractivity (Wildman–Crippen MR) is 102 cm³/mol. The quantitative estimate of drug-likeness (QED) is 0.564. The number of hydrogen-bond acceptors (Lipinski definition) is 6. The molecule has 0 unspecified atom stereocenters. The molecule has 154 valence electrons. The van der Waals surface area contributed by atoms with Crippen LogP contribution in [0.2, 0.25) is 0 Å². The number of likely N-dealkylation sites (tertiary alicyclic amines) is 1. The molecule has 0 spiro atoms. The summed E-state index contributed by atoms with van der Waals surface area (Å²) in [5.41, 5.74) is 6.14. The average molecular weight is 392 g/mol. The average Bonchev–Trinajstić information content (AvgIpc) is 3.28. The van der Waals surface area contributed by atoms with E-state index in [2.05, 4.69) is 10.4 Å². The van der Waals surface area contributed by atoms with Gasteiger partial charge in [-0.05, 0) is 51.4 Å². The van der Waals surface area contributed by atoms with Gasteiger partial charge in [0.15, 0.2) is 0 Å². The summed E-state index contributed by atoms with van der Waals surface area (Å²) < 4.78 is 1.25. The van der Waals surface area contributed by atoms with Crippen molar-refractivity contribution in [3.8, 4) is 0 Å². The predicted octanol–water partition coefficient (Wildman–Crippen LogP) is 0.875. The van der Waals surface area contributed by atoms with E-state index in [1.807, 2.05) is 4.90 Å². The molecule has 2 heterocycles. The largest absolute Gasteiger partial charge is 0.348 e. The summed E-state index contributed by atoms with van der Waals surface area (Å²) in [6, 6.07) is -0.580. The molecular formula is C18H28N6O4. The van der Waals surface area contributed by atoms with Crippen molar-refractivity contribution in [2.75, 3.05) is 13.1 Å². The number of rotatable bonds is 5. The highest BCUT2D eigenvalue weighted by atomic mass is 16.6. The smallest absolute Gasteiger partial charge is 0.322 e. The molecule has 2 aliphatic rings. The van der Waals surface area contributed by atoms with Gasteiger partial charge in [-0.1, -0.05) is 0 Å². The maximum Gasteiger partial charge on any atom is 0.322 e. The van der Waals surface area contributed by atoms with Gasteiger partial charge in [-0.3, -0.25) is 24.4 Å². The monoisotopic (exact) mass is 392 g/mol.